The molecule has 20 heavy (non-hydrogen) atoms. The van der Waals surface area contributed by atoms with Crippen LogP contribution in [0.25, 0.3) is 0 Å². The summed E-state index contributed by atoms with van der Waals surface area (Å²) in [5.74, 6) is -0.317. The minimum absolute atomic E-state index is 0.317. The number of hydrogen-bond acceptors (Lipinski definition) is 3. The highest BCUT2D eigenvalue weighted by Gasteiger charge is 2.30. The highest BCUT2D eigenvalue weighted by atomic mass is 35.5. The van der Waals surface area contributed by atoms with Gasteiger partial charge in [0.1, 0.15) is 5.25 Å². The van der Waals surface area contributed by atoms with Crippen molar-refractivity contribution in [2.24, 2.45) is 0 Å². The van der Waals surface area contributed by atoms with Crippen LogP contribution in [-0.4, -0.2) is 18.3 Å². The van der Waals surface area contributed by atoms with Crippen molar-refractivity contribution in [3.63, 3.8) is 0 Å². The molecule has 0 amide bonds. The average Bonchev–Trinajstić information content (AvgIpc) is 2.53. The second-order valence-corrected chi connectivity index (χ2v) is 5.87. The van der Waals surface area contributed by atoms with Crippen molar-refractivity contribution < 1.29 is 9.53 Å². The summed E-state index contributed by atoms with van der Waals surface area (Å²) in [6, 6.07) is 19.3. The van der Waals surface area contributed by atoms with E-state index < -0.39 is 10.6 Å². The third kappa shape index (κ3) is 3.78. The monoisotopic (exact) mass is 306 g/mol. The Labute approximate surface area is 128 Å². The Hall–Kier alpha value is -1.45. The highest BCUT2D eigenvalue weighted by Crippen LogP contribution is 2.37. The average molecular weight is 307 g/mol. The maximum Gasteiger partial charge on any atom is 0.321 e. The van der Waals surface area contributed by atoms with Gasteiger partial charge in [0.15, 0.2) is 0 Å². The number of rotatable bonds is 5. The number of carbonyl (C=O) groups is 1. The normalized spacial score (nSPS) is 13.5. The lowest BCUT2D eigenvalue weighted by Crippen LogP contribution is -2.23. The van der Waals surface area contributed by atoms with Crippen LogP contribution in [0.3, 0.4) is 0 Å². The first-order valence-corrected chi connectivity index (χ1v) is 7.52. The SMILES string of the molecule is COC(=O)C(Sc1ccccc1)C(Cl)c1ccccc1. The van der Waals surface area contributed by atoms with Crippen molar-refractivity contribution in [2.45, 2.75) is 15.5 Å². The third-order valence-corrected chi connectivity index (χ3v) is 4.74. The molecular weight excluding hydrogens is 292 g/mol. The van der Waals surface area contributed by atoms with E-state index in [-0.39, 0.29) is 5.97 Å². The summed E-state index contributed by atoms with van der Waals surface area (Å²) in [5, 5.41) is -0.916. The maximum atomic E-state index is 12.0. The van der Waals surface area contributed by atoms with Crippen LogP contribution in [-0.2, 0) is 9.53 Å². The van der Waals surface area contributed by atoms with Crippen molar-refractivity contribution in [2.75, 3.05) is 7.11 Å². The van der Waals surface area contributed by atoms with Gasteiger partial charge in [0.05, 0.1) is 12.5 Å². The fourth-order valence-corrected chi connectivity index (χ4v) is 3.28. The van der Waals surface area contributed by atoms with Gasteiger partial charge in [-0.3, -0.25) is 4.79 Å². The number of thioether (sulfide) groups is 1. The Bertz CT molecular complexity index is 545. The molecule has 2 atom stereocenters. The number of benzene rings is 2. The molecule has 0 aliphatic rings. The number of halogens is 1. The molecule has 0 fully saturated rings. The molecule has 2 unspecified atom stereocenters. The molecular formula is C16H15ClO2S. The van der Waals surface area contributed by atoms with E-state index in [1.165, 1.54) is 18.9 Å². The number of alkyl halides is 1. The van der Waals surface area contributed by atoms with Gasteiger partial charge >= 0.3 is 5.97 Å². The van der Waals surface area contributed by atoms with E-state index >= 15 is 0 Å². The number of methoxy groups -OCH3 is 1. The molecule has 0 heterocycles. The third-order valence-electron chi connectivity index (χ3n) is 2.82. The van der Waals surface area contributed by atoms with Crippen LogP contribution in [0.15, 0.2) is 65.6 Å². The van der Waals surface area contributed by atoms with E-state index in [9.17, 15) is 4.79 Å². The highest BCUT2D eigenvalue weighted by molar-refractivity contribution is 8.00. The molecule has 0 radical (unpaired) electrons. The lowest BCUT2D eigenvalue weighted by Gasteiger charge is -2.20. The summed E-state index contributed by atoms with van der Waals surface area (Å²) in [7, 11) is 1.38. The van der Waals surface area contributed by atoms with E-state index in [0.29, 0.717) is 0 Å². The molecule has 0 spiro atoms. The van der Waals surface area contributed by atoms with E-state index in [0.717, 1.165) is 10.5 Å². The number of esters is 1. The largest absolute Gasteiger partial charge is 0.468 e. The predicted molar refractivity (Wildman–Crippen MR) is 83.1 cm³/mol. The van der Waals surface area contributed by atoms with Crippen LogP contribution in [0.2, 0.25) is 0 Å². The quantitative estimate of drug-likeness (QED) is 0.468. The van der Waals surface area contributed by atoms with Gasteiger partial charge in [-0.25, -0.2) is 0 Å². The van der Waals surface area contributed by atoms with Crippen LogP contribution in [0.4, 0.5) is 0 Å². The molecule has 4 heteroatoms. The van der Waals surface area contributed by atoms with Gasteiger partial charge in [0.2, 0.25) is 0 Å². The van der Waals surface area contributed by atoms with Crippen molar-refractivity contribution in [1.29, 1.82) is 0 Å². The summed E-state index contributed by atoms with van der Waals surface area (Å²) in [4.78, 5) is 13.0. The molecule has 2 aromatic carbocycles. The Morgan fingerprint density at radius 2 is 1.60 bits per heavy atom. The van der Waals surface area contributed by atoms with E-state index in [1.807, 2.05) is 60.7 Å². The van der Waals surface area contributed by atoms with Gasteiger partial charge in [-0.05, 0) is 17.7 Å². The van der Waals surface area contributed by atoms with Crippen molar-refractivity contribution in [3.05, 3.63) is 66.2 Å². The summed E-state index contributed by atoms with van der Waals surface area (Å²) >= 11 is 7.89. The summed E-state index contributed by atoms with van der Waals surface area (Å²) < 4.78 is 4.88. The van der Waals surface area contributed by atoms with E-state index in [4.69, 9.17) is 16.3 Å². The molecule has 2 aromatic rings. The fraction of sp³-hybridized carbons (Fsp3) is 0.188. The zero-order chi connectivity index (χ0) is 14.4. The minimum Gasteiger partial charge on any atom is -0.468 e. The molecule has 0 aliphatic heterocycles. The van der Waals surface area contributed by atoms with Crippen molar-refractivity contribution in [1.82, 2.24) is 0 Å². The van der Waals surface area contributed by atoms with Gasteiger partial charge in [-0.15, -0.1) is 23.4 Å². The van der Waals surface area contributed by atoms with Gasteiger partial charge in [0, 0.05) is 4.90 Å². The van der Waals surface area contributed by atoms with Crippen molar-refractivity contribution >= 4 is 29.3 Å². The van der Waals surface area contributed by atoms with Crippen LogP contribution < -0.4 is 0 Å². The Morgan fingerprint density at radius 3 is 2.15 bits per heavy atom. The molecule has 0 saturated heterocycles. The molecule has 0 aliphatic carbocycles. The molecule has 0 N–H and O–H groups in total. The standard InChI is InChI=1S/C16H15ClO2S/c1-19-16(18)15(20-13-10-6-3-7-11-13)14(17)12-8-4-2-5-9-12/h2-11,14-15H,1H3. The smallest absolute Gasteiger partial charge is 0.321 e. The van der Waals surface area contributed by atoms with Crippen LogP contribution in [0, 0.1) is 0 Å². The van der Waals surface area contributed by atoms with Gasteiger partial charge < -0.3 is 4.74 Å². The Balaban J connectivity index is 2.22. The minimum atomic E-state index is -0.480. The second kappa shape index (κ2) is 7.36. The van der Waals surface area contributed by atoms with Crippen LogP contribution in [0.1, 0.15) is 10.9 Å². The van der Waals surface area contributed by atoms with Crippen LogP contribution >= 0.6 is 23.4 Å². The zero-order valence-corrected chi connectivity index (χ0v) is 12.6. The van der Waals surface area contributed by atoms with Crippen molar-refractivity contribution in [3.8, 4) is 0 Å². The molecule has 2 rings (SSSR count). The van der Waals surface area contributed by atoms with Crippen LogP contribution in [0.5, 0.6) is 0 Å². The molecule has 2 nitrogen and oxygen atoms in total. The number of carbonyl (C=O) groups excluding carboxylic acids is 1. The Kier molecular flexibility index (Phi) is 5.50. The first-order chi connectivity index (χ1) is 9.72. The molecule has 0 bridgehead atoms. The van der Waals surface area contributed by atoms with Gasteiger partial charge in [-0.1, -0.05) is 48.5 Å². The van der Waals surface area contributed by atoms with E-state index in [2.05, 4.69) is 0 Å². The maximum absolute atomic E-state index is 12.0. The number of ether oxygens (including phenoxy) is 1. The summed E-state index contributed by atoms with van der Waals surface area (Å²) in [6.07, 6.45) is 0. The first kappa shape index (κ1) is 14.9. The molecule has 0 saturated carbocycles. The second-order valence-electron chi connectivity index (χ2n) is 4.19. The first-order valence-electron chi connectivity index (χ1n) is 6.21. The Morgan fingerprint density at radius 1 is 1.05 bits per heavy atom. The molecule has 0 aromatic heterocycles. The summed E-state index contributed by atoms with van der Waals surface area (Å²) in [6.45, 7) is 0. The number of hydrogen-bond donors (Lipinski definition) is 0. The lowest BCUT2D eigenvalue weighted by molar-refractivity contribution is -0.140. The van der Waals surface area contributed by atoms with Gasteiger partial charge in [0.25, 0.3) is 0 Å². The lowest BCUT2D eigenvalue weighted by atomic mass is 10.1. The van der Waals surface area contributed by atoms with Gasteiger partial charge in [-0.2, -0.15) is 0 Å². The summed E-state index contributed by atoms with van der Waals surface area (Å²) in [5.41, 5.74) is 0.910. The van der Waals surface area contributed by atoms with E-state index in [1.54, 1.807) is 0 Å². The topological polar surface area (TPSA) is 26.3 Å². The molecule has 104 valence electrons. The fourth-order valence-electron chi connectivity index (χ4n) is 1.80. The predicted octanol–water partition coefficient (Wildman–Crippen LogP) is 4.30. The zero-order valence-electron chi connectivity index (χ0n) is 11.0.